The SMILES string of the molecule is CCCc1ccc(-c2nccc(-c3cc4n(n3)CCNC4=O)n2)cc1. The number of carbonyl (C=O) groups is 1. The molecule has 3 heterocycles. The number of carbonyl (C=O) groups excluding carboxylic acids is 1. The van der Waals surface area contributed by atoms with E-state index in [1.165, 1.54) is 5.56 Å². The molecule has 0 atom stereocenters. The Balaban J connectivity index is 1.66. The van der Waals surface area contributed by atoms with Crippen LogP contribution in [0.2, 0.25) is 0 Å². The molecule has 25 heavy (non-hydrogen) atoms. The molecule has 2 aromatic heterocycles. The summed E-state index contributed by atoms with van der Waals surface area (Å²) in [5, 5.41) is 7.33. The van der Waals surface area contributed by atoms with Crippen molar-refractivity contribution < 1.29 is 4.79 Å². The molecule has 6 nitrogen and oxygen atoms in total. The van der Waals surface area contributed by atoms with Crippen LogP contribution in [0.1, 0.15) is 29.4 Å². The van der Waals surface area contributed by atoms with E-state index >= 15 is 0 Å². The second-order valence-corrected chi connectivity index (χ2v) is 6.11. The third kappa shape index (κ3) is 3.03. The summed E-state index contributed by atoms with van der Waals surface area (Å²) >= 11 is 0. The Bertz CT molecular complexity index is 914. The quantitative estimate of drug-likeness (QED) is 0.797. The highest BCUT2D eigenvalue weighted by Gasteiger charge is 2.20. The summed E-state index contributed by atoms with van der Waals surface area (Å²) in [5.41, 5.74) is 4.28. The van der Waals surface area contributed by atoms with E-state index in [-0.39, 0.29) is 5.91 Å². The molecule has 4 rings (SSSR count). The van der Waals surface area contributed by atoms with Crippen molar-refractivity contribution in [2.24, 2.45) is 0 Å². The van der Waals surface area contributed by atoms with Crippen molar-refractivity contribution in [3.8, 4) is 22.8 Å². The van der Waals surface area contributed by atoms with E-state index in [0.717, 1.165) is 24.1 Å². The summed E-state index contributed by atoms with van der Waals surface area (Å²) in [5.74, 6) is 0.571. The van der Waals surface area contributed by atoms with Crippen LogP contribution in [0.15, 0.2) is 42.6 Å². The van der Waals surface area contributed by atoms with Crippen LogP contribution in [0.4, 0.5) is 0 Å². The average Bonchev–Trinajstić information content (AvgIpc) is 3.09. The van der Waals surface area contributed by atoms with Crippen molar-refractivity contribution in [2.75, 3.05) is 6.54 Å². The first-order chi connectivity index (χ1) is 12.2. The first kappa shape index (κ1) is 15.5. The van der Waals surface area contributed by atoms with Gasteiger partial charge in [-0.15, -0.1) is 0 Å². The predicted molar refractivity (Wildman–Crippen MR) is 95.0 cm³/mol. The van der Waals surface area contributed by atoms with Crippen LogP contribution in [0.25, 0.3) is 22.8 Å². The Morgan fingerprint density at radius 1 is 1.16 bits per heavy atom. The molecule has 1 aliphatic heterocycles. The van der Waals surface area contributed by atoms with Crippen molar-refractivity contribution in [3.05, 3.63) is 53.9 Å². The molecule has 0 aliphatic carbocycles. The molecule has 126 valence electrons. The molecule has 1 aromatic carbocycles. The number of rotatable bonds is 4. The van der Waals surface area contributed by atoms with Gasteiger partial charge in [-0.1, -0.05) is 37.6 Å². The third-order valence-electron chi connectivity index (χ3n) is 4.29. The summed E-state index contributed by atoms with van der Waals surface area (Å²) < 4.78 is 1.73. The van der Waals surface area contributed by atoms with Crippen molar-refractivity contribution in [2.45, 2.75) is 26.3 Å². The molecule has 0 saturated heterocycles. The molecule has 1 amide bonds. The van der Waals surface area contributed by atoms with Crippen molar-refractivity contribution in [1.82, 2.24) is 25.1 Å². The van der Waals surface area contributed by atoms with Gasteiger partial charge in [0.05, 0.1) is 12.2 Å². The van der Waals surface area contributed by atoms with Crippen LogP contribution in [0.5, 0.6) is 0 Å². The minimum Gasteiger partial charge on any atom is -0.349 e. The zero-order valence-electron chi connectivity index (χ0n) is 14.1. The van der Waals surface area contributed by atoms with E-state index in [9.17, 15) is 4.79 Å². The normalized spacial score (nSPS) is 13.4. The lowest BCUT2D eigenvalue weighted by Gasteiger charge is -2.13. The number of nitrogens with zero attached hydrogens (tertiary/aromatic N) is 4. The maximum atomic E-state index is 11.9. The molecule has 0 radical (unpaired) electrons. The van der Waals surface area contributed by atoms with Crippen LogP contribution in [-0.2, 0) is 13.0 Å². The van der Waals surface area contributed by atoms with Crippen LogP contribution < -0.4 is 5.32 Å². The molecule has 0 unspecified atom stereocenters. The van der Waals surface area contributed by atoms with E-state index in [1.54, 1.807) is 16.9 Å². The van der Waals surface area contributed by atoms with Crippen molar-refractivity contribution in [3.63, 3.8) is 0 Å². The monoisotopic (exact) mass is 333 g/mol. The standard InChI is InChI=1S/C19H19N5O/c1-2-3-13-4-6-14(7-5-13)18-20-9-8-15(22-18)16-12-17-19(25)21-10-11-24(17)23-16/h4-9,12H,2-3,10-11H2,1H3,(H,21,25). The Kier molecular flexibility index (Phi) is 4.01. The molecule has 3 aromatic rings. The van der Waals surface area contributed by atoms with Gasteiger partial charge in [0.15, 0.2) is 5.82 Å². The van der Waals surface area contributed by atoms with Gasteiger partial charge in [0.1, 0.15) is 11.4 Å². The number of aryl methyl sites for hydroxylation is 1. The molecule has 6 heteroatoms. The number of nitrogens with one attached hydrogen (secondary N) is 1. The van der Waals surface area contributed by atoms with Gasteiger partial charge in [-0.2, -0.15) is 5.10 Å². The summed E-state index contributed by atoms with van der Waals surface area (Å²) in [7, 11) is 0. The van der Waals surface area contributed by atoms with E-state index in [4.69, 9.17) is 0 Å². The zero-order valence-corrected chi connectivity index (χ0v) is 14.1. The fraction of sp³-hybridized carbons (Fsp3) is 0.263. The van der Waals surface area contributed by atoms with Gasteiger partial charge in [-0.05, 0) is 24.1 Å². The third-order valence-corrected chi connectivity index (χ3v) is 4.29. The summed E-state index contributed by atoms with van der Waals surface area (Å²) in [6, 6.07) is 11.9. The molecule has 1 N–H and O–H groups in total. The minimum atomic E-state index is -0.0919. The summed E-state index contributed by atoms with van der Waals surface area (Å²) in [4.78, 5) is 20.9. The topological polar surface area (TPSA) is 72.7 Å². The highest BCUT2D eigenvalue weighted by molar-refractivity contribution is 5.94. The van der Waals surface area contributed by atoms with Gasteiger partial charge in [0.25, 0.3) is 5.91 Å². The smallest absolute Gasteiger partial charge is 0.269 e. The maximum Gasteiger partial charge on any atom is 0.269 e. The minimum absolute atomic E-state index is 0.0919. The van der Waals surface area contributed by atoms with Gasteiger partial charge < -0.3 is 5.32 Å². The highest BCUT2D eigenvalue weighted by atomic mass is 16.2. The van der Waals surface area contributed by atoms with Gasteiger partial charge in [-0.25, -0.2) is 9.97 Å². The van der Waals surface area contributed by atoms with Gasteiger partial charge in [-0.3, -0.25) is 9.48 Å². The van der Waals surface area contributed by atoms with Gasteiger partial charge >= 0.3 is 0 Å². The fourth-order valence-electron chi connectivity index (χ4n) is 3.01. The number of aromatic nitrogens is 4. The molecule has 1 aliphatic rings. The lowest BCUT2D eigenvalue weighted by molar-refractivity contribution is 0.0924. The second-order valence-electron chi connectivity index (χ2n) is 6.11. The zero-order chi connectivity index (χ0) is 17.2. The Labute approximate surface area is 145 Å². The summed E-state index contributed by atoms with van der Waals surface area (Å²) in [6.07, 6.45) is 3.93. The highest BCUT2D eigenvalue weighted by Crippen LogP contribution is 2.22. The second kappa shape index (κ2) is 6.47. The van der Waals surface area contributed by atoms with Crippen LogP contribution in [-0.4, -0.2) is 32.2 Å². The van der Waals surface area contributed by atoms with E-state index < -0.39 is 0 Å². The van der Waals surface area contributed by atoms with Crippen molar-refractivity contribution in [1.29, 1.82) is 0 Å². The van der Waals surface area contributed by atoms with Gasteiger partial charge in [0, 0.05) is 18.3 Å². The number of hydrogen-bond acceptors (Lipinski definition) is 4. The van der Waals surface area contributed by atoms with Crippen LogP contribution in [0.3, 0.4) is 0 Å². The van der Waals surface area contributed by atoms with Crippen LogP contribution in [0, 0.1) is 0 Å². The first-order valence-corrected chi connectivity index (χ1v) is 8.53. The molecular weight excluding hydrogens is 314 g/mol. The number of benzene rings is 1. The predicted octanol–water partition coefficient (Wildman–Crippen LogP) is 2.70. The molecule has 0 fully saturated rings. The number of amides is 1. The lowest BCUT2D eigenvalue weighted by Crippen LogP contribution is -2.35. The van der Waals surface area contributed by atoms with E-state index in [0.29, 0.717) is 30.3 Å². The molecule has 0 saturated carbocycles. The number of fused-ring (bicyclic) bond motifs is 1. The molecule has 0 spiro atoms. The maximum absolute atomic E-state index is 11.9. The number of hydrogen-bond donors (Lipinski definition) is 1. The summed E-state index contributed by atoms with van der Waals surface area (Å²) in [6.45, 7) is 3.45. The average molecular weight is 333 g/mol. The largest absolute Gasteiger partial charge is 0.349 e. The van der Waals surface area contributed by atoms with Gasteiger partial charge in [0.2, 0.25) is 0 Å². The lowest BCUT2D eigenvalue weighted by atomic mass is 10.1. The Hall–Kier alpha value is -3.02. The Morgan fingerprint density at radius 3 is 2.76 bits per heavy atom. The molecular formula is C19H19N5O. The van der Waals surface area contributed by atoms with E-state index in [2.05, 4.69) is 51.6 Å². The fourth-order valence-corrected chi connectivity index (χ4v) is 3.01. The molecule has 0 bridgehead atoms. The first-order valence-electron chi connectivity index (χ1n) is 8.53. The van der Waals surface area contributed by atoms with Crippen LogP contribution >= 0.6 is 0 Å². The Morgan fingerprint density at radius 2 is 2.00 bits per heavy atom. The van der Waals surface area contributed by atoms with E-state index in [1.807, 2.05) is 6.07 Å². The van der Waals surface area contributed by atoms with Crippen molar-refractivity contribution >= 4 is 5.91 Å².